The number of nitrogens with one attached hydrogen (secondary N) is 3. The standard InChI is InChI=1S/C31H43ClN6O4/c1-4-41-30(39)22(3)42-18-21(2)36-23-8-10-24(11-9-23)37-29-16-25(26(32)17-34-29)27-6-5-7-28(38-27)35-20-31(19-33)12-14-40-15-13-31/h5-7,16-17,21-24,36H,4,8-15,18,20H2,1-3H3,(H,34,37)(H,35,38)/t21-,22+,23?,24?/m1/s1. The molecule has 3 heterocycles. The van der Waals surface area contributed by atoms with Crippen molar-refractivity contribution in [3.8, 4) is 17.3 Å². The van der Waals surface area contributed by atoms with E-state index in [0.29, 0.717) is 68.7 Å². The molecule has 11 heteroatoms. The fourth-order valence-electron chi connectivity index (χ4n) is 5.43. The molecule has 1 saturated heterocycles. The van der Waals surface area contributed by atoms with Gasteiger partial charge in [0.2, 0.25) is 0 Å². The third-order valence-corrected chi connectivity index (χ3v) is 8.29. The van der Waals surface area contributed by atoms with Crippen LogP contribution in [-0.2, 0) is 19.0 Å². The fraction of sp³-hybridized carbons (Fsp3) is 0.613. The lowest BCUT2D eigenvalue weighted by Crippen LogP contribution is -2.43. The molecular formula is C31H43ClN6O4. The van der Waals surface area contributed by atoms with Crippen LogP contribution in [0.2, 0.25) is 5.02 Å². The van der Waals surface area contributed by atoms with Gasteiger partial charge < -0.3 is 30.2 Å². The van der Waals surface area contributed by atoms with E-state index in [1.165, 1.54) is 0 Å². The summed E-state index contributed by atoms with van der Waals surface area (Å²) in [5, 5.41) is 20.9. The second kappa shape index (κ2) is 15.5. The van der Waals surface area contributed by atoms with Crippen molar-refractivity contribution in [1.29, 1.82) is 5.26 Å². The largest absolute Gasteiger partial charge is 0.464 e. The summed E-state index contributed by atoms with van der Waals surface area (Å²) in [4.78, 5) is 21.1. The van der Waals surface area contributed by atoms with E-state index in [1.807, 2.05) is 24.3 Å². The van der Waals surface area contributed by atoms with Gasteiger partial charge >= 0.3 is 5.97 Å². The van der Waals surface area contributed by atoms with Gasteiger partial charge in [-0.3, -0.25) is 0 Å². The van der Waals surface area contributed by atoms with Crippen LogP contribution in [0.1, 0.15) is 59.3 Å². The van der Waals surface area contributed by atoms with Crippen molar-refractivity contribution in [2.45, 2.75) is 83.5 Å². The highest BCUT2D eigenvalue weighted by atomic mass is 35.5. The zero-order valence-corrected chi connectivity index (χ0v) is 25.6. The number of hydrogen-bond acceptors (Lipinski definition) is 10. The third-order valence-electron chi connectivity index (χ3n) is 7.99. The number of anilines is 2. The first kappa shape index (κ1) is 32.0. The normalized spacial score (nSPS) is 21.5. The van der Waals surface area contributed by atoms with Crippen LogP contribution in [0.3, 0.4) is 0 Å². The zero-order valence-electron chi connectivity index (χ0n) is 24.8. The number of esters is 1. The Bertz CT molecular complexity index is 1210. The molecule has 228 valence electrons. The summed E-state index contributed by atoms with van der Waals surface area (Å²) >= 11 is 6.56. The summed E-state index contributed by atoms with van der Waals surface area (Å²) < 4.78 is 16.1. The van der Waals surface area contributed by atoms with E-state index in [0.717, 1.165) is 42.8 Å². The molecule has 0 unspecified atom stereocenters. The molecule has 1 aliphatic heterocycles. The first-order valence-electron chi connectivity index (χ1n) is 15.0. The average Bonchev–Trinajstić information content (AvgIpc) is 3.01. The number of halogens is 1. The maximum atomic E-state index is 11.8. The van der Waals surface area contributed by atoms with Crippen LogP contribution in [0.4, 0.5) is 11.6 Å². The lowest BCUT2D eigenvalue weighted by atomic mass is 9.82. The summed E-state index contributed by atoms with van der Waals surface area (Å²) in [6.45, 7) is 8.13. The number of nitriles is 1. The Morgan fingerprint density at radius 2 is 1.93 bits per heavy atom. The number of carbonyl (C=O) groups is 1. The van der Waals surface area contributed by atoms with Crippen molar-refractivity contribution in [3.63, 3.8) is 0 Å². The minimum Gasteiger partial charge on any atom is -0.464 e. The van der Waals surface area contributed by atoms with E-state index in [2.05, 4.69) is 33.9 Å². The van der Waals surface area contributed by atoms with Crippen molar-refractivity contribution in [2.75, 3.05) is 43.6 Å². The molecule has 0 spiro atoms. The minimum atomic E-state index is -0.562. The molecule has 1 saturated carbocycles. The van der Waals surface area contributed by atoms with Crippen molar-refractivity contribution in [1.82, 2.24) is 15.3 Å². The lowest BCUT2D eigenvalue weighted by molar-refractivity contribution is -0.155. The third kappa shape index (κ3) is 9.01. The van der Waals surface area contributed by atoms with Gasteiger partial charge in [-0.05, 0) is 77.5 Å². The Morgan fingerprint density at radius 1 is 1.19 bits per heavy atom. The highest BCUT2D eigenvalue weighted by molar-refractivity contribution is 6.33. The number of carbonyl (C=O) groups excluding carboxylic acids is 1. The Labute approximate surface area is 253 Å². The molecule has 2 aromatic heterocycles. The van der Waals surface area contributed by atoms with E-state index in [1.54, 1.807) is 20.0 Å². The summed E-state index contributed by atoms with van der Waals surface area (Å²) in [5.41, 5.74) is 1.11. The van der Waals surface area contributed by atoms with Gasteiger partial charge in [-0.25, -0.2) is 14.8 Å². The second-order valence-corrected chi connectivity index (χ2v) is 11.7. The molecule has 2 atom stereocenters. The summed E-state index contributed by atoms with van der Waals surface area (Å²) in [6, 6.07) is 11.1. The van der Waals surface area contributed by atoms with Gasteiger partial charge in [-0.15, -0.1) is 0 Å². The maximum Gasteiger partial charge on any atom is 0.334 e. The fourth-order valence-corrected chi connectivity index (χ4v) is 5.63. The quantitative estimate of drug-likeness (QED) is 0.264. The van der Waals surface area contributed by atoms with Crippen molar-refractivity contribution < 1.29 is 19.0 Å². The van der Waals surface area contributed by atoms with Crippen molar-refractivity contribution in [3.05, 3.63) is 35.5 Å². The molecule has 0 radical (unpaired) electrons. The predicted molar refractivity (Wildman–Crippen MR) is 163 cm³/mol. The second-order valence-electron chi connectivity index (χ2n) is 11.3. The smallest absolute Gasteiger partial charge is 0.334 e. The van der Waals surface area contributed by atoms with Gasteiger partial charge in [0.05, 0.1) is 35.4 Å². The van der Waals surface area contributed by atoms with Crippen molar-refractivity contribution >= 4 is 29.2 Å². The first-order valence-corrected chi connectivity index (χ1v) is 15.4. The predicted octanol–water partition coefficient (Wildman–Crippen LogP) is 5.20. The number of hydrogen-bond donors (Lipinski definition) is 3. The zero-order chi connectivity index (χ0) is 30.0. The van der Waals surface area contributed by atoms with Crippen molar-refractivity contribution in [2.24, 2.45) is 5.41 Å². The first-order chi connectivity index (χ1) is 20.3. The Morgan fingerprint density at radius 3 is 2.64 bits per heavy atom. The SMILES string of the molecule is CCOC(=O)[C@H](C)OC[C@@H](C)NC1CCC(Nc2cc(-c3cccc(NCC4(C#N)CCOCC4)n3)c(Cl)cn2)CC1. The van der Waals surface area contributed by atoms with E-state index >= 15 is 0 Å². The van der Waals surface area contributed by atoms with Crippen LogP contribution in [0.5, 0.6) is 0 Å². The Kier molecular flexibility index (Phi) is 11.8. The molecule has 4 rings (SSSR count). The topological polar surface area (TPSA) is 130 Å². The molecule has 2 aromatic rings. The summed E-state index contributed by atoms with van der Waals surface area (Å²) in [6.07, 6.45) is 6.60. The van der Waals surface area contributed by atoms with Crippen LogP contribution in [0, 0.1) is 16.7 Å². The number of nitrogens with zero attached hydrogens (tertiary/aromatic N) is 3. The van der Waals surface area contributed by atoms with E-state index in [9.17, 15) is 10.1 Å². The van der Waals surface area contributed by atoms with Gasteiger partial charge in [-0.1, -0.05) is 17.7 Å². The van der Waals surface area contributed by atoms with Crippen LogP contribution >= 0.6 is 11.6 Å². The lowest BCUT2D eigenvalue weighted by Gasteiger charge is -2.32. The minimum absolute atomic E-state index is 0.136. The maximum absolute atomic E-state index is 11.8. The van der Waals surface area contributed by atoms with E-state index in [-0.39, 0.29) is 12.0 Å². The number of rotatable bonds is 13. The van der Waals surface area contributed by atoms with Crippen LogP contribution < -0.4 is 16.0 Å². The van der Waals surface area contributed by atoms with Gasteiger partial charge in [-0.2, -0.15) is 5.26 Å². The Balaban J connectivity index is 1.28. The summed E-state index contributed by atoms with van der Waals surface area (Å²) in [7, 11) is 0. The molecule has 42 heavy (non-hydrogen) atoms. The van der Waals surface area contributed by atoms with E-state index in [4.69, 9.17) is 30.8 Å². The molecule has 3 N–H and O–H groups in total. The monoisotopic (exact) mass is 598 g/mol. The highest BCUT2D eigenvalue weighted by Crippen LogP contribution is 2.32. The van der Waals surface area contributed by atoms with Gasteiger partial charge in [0.25, 0.3) is 0 Å². The molecule has 2 aliphatic rings. The number of ether oxygens (including phenoxy) is 3. The van der Waals surface area contributed by atoms with Crippen LogP contribution in [0.25, 0.3) is 11.3 Å². The van der Waals surface area contributed by atoms with Crippen LogP contribution in [0.15, 0.2) is 30.5 Å². The molecule has 2 fully saturated rings. The molecule has 10 nitrogen and oxygen atoms in total. The van der Waals surface area contributed by atoms with Gasteiger partial charge in [0.15, 0.2) is 6.10 Å². The Hall–Kier alpha value is -2.97. The summed E-state index contributed by atoms with van der Waals surface area (Å²) in [5.74, 6) is 1.15. The van der Waals surface area contributed by atoms with Crippen LogP contribution in [-0.4, -0.2) is 73.1 Å². The average molecular weight is 599 g/mol. The molecule has 0 aromatic carbocycles. The molecular weight excluding hydrogens is 556 g/mol. The number of pyridine rings is 2. The van der Waals surface area contributed by atoms with E-state index < -0.39 is 11.5 Å². The molecule has 0 bridgehead atoms. The highest BCUT2D eigenvalue weighted by Gasteiger charge is 2.32. The van der Waals surface area contributed by atoms with Gasteiger partial charge in [0.1, 0.15) is 11.6 Å². The molecule has 1 aliphatic carbocycles. The number of aromatic nitrogens is 2. The van der Waals surface area contributed by atoms with Gasteiger partial charge in [0, 0.05) is 49.6 Å². The molecule has 0 amide bonds.